The van der Waals surface area contributed by atoms with Crippen LogP contribution in [0.1, 0.15) is 37.4 Å². The van der Waals surface area contributed by atoms with Gasteiger partial charge in [-0.2, -0.15) is 0 Å². The van der Waals surface area contributed by atoms with Crippen LogP contribution < -0.4 is 14.4 Å². The van der Waals surface area contributed by atoms with Gasteiger partial charge in [0.1, 0.15) is 23.0 Å². The minimum atomic E-state index is -0.956. The molecule has 1 amide bonds. The highest BCUT2D eigenvalue weighted by Gasteiger charge is 2.48. The number of Topliss-reactive ketones (excluding diaryl/α,β-unsaturated/α-hetero) is 1. The van der Waals surface area contributed by atoms with E-state index in [-0.39, 0.29) is 17.1 Å². The van der Waals surface area contributed by atoms with Gasteiger partial charge in [0, 0.05) is 5.56 Å². The predicted octanol–water partition coefficient (Wildman–Crippen LogP) is 5.82. The highest BCUT2D eigenvalue weighted by atomic mass is 32.1. The molecule has 1 aliphatic heterocycles. The van der Waals surface area contributed by atoms with Gasteiger partial charge in [-0.1, -0.05) is 42.5 Å². The van der Waals surface area contributed by atoms with Crippen molar-refractivity contribution in [3.05, 3.63) is 83.4 Å². The van der Waals surface area contributed by atoms with Crippen LogP contribution in [-0.4, -0.2) is 40.1 Å². The fourth-order valence-corrected chi connectivity index (χ4v) is 5.38. The molecule has 0 spiro atoms. The first-order chi connectivity index (χ1) is 18.4. The molecule has 1 aromatic heterocycles. The summed E-state index contributed by atoms with van der Waals surface area (Å²) in [6.45, 7) is 4.90. The number of aliphatic hydroxyl groups is 1. The molecule has 0 aliphatic carbocycles. The van der Waals surface area contributed by atoms with E-state index in [0.717, 1.165) is 11.1 Å². The first kappa shape index (κ1) is 25.3. The highest BCUT2D eigenvalue weighted by Crippen LogP contribution is 2.45. The summed E-state index contributed by atoms with van der Waals surface area (Å²) < 4.78 is 12.1. The van der Waals surface area contributed by atoms with Crippen LogP contribution in [0, 0.1) is 0 Å². The van der Waals surface area contributed by atoms with Gasteiger partial charge in [-0.05, 0) is 61.4 Å². The molecule has 194 valence electrons. The largest absolute Gasteiger partial charge is 0.508 e. The molecule has 1 aliphatic rings. The second kappa shape index (κ2) is 10.5. The molecular formula is C29H26N2O6S. The molecule has 3 aromatic carbocycles. The van der Waals surface area contributed by atoms with Crippen LogP contribution in [0.3, 0.4) is 0 Å². The van der Waals surface area contributed by atoms with Crippen molar-refractivity contribution in [2.45, 2.75) is 26.3 Å². The summed E-state index contributed by atoms with van der Waals surface area (Å²) in [6, 6.07) is 17.4. The van der Waals surface area contributed by atoms with Gasteiger partial charge in [0.25, 0.3) is 5.78 Å². The van der Waals surface area contributed by atoms with Crippen molar-refractivity contribution >= 4 is 44.1 Å². The number of carbonyl (C=O) groups is 2. The molecule has 1 fully saturated rings. The van der Waals surface area contributed by atoms with Gasteiger partial charge in [0.05, 0.1) is 35.0 Å². The number of aromatic hydroxyl groups is 1. The number of aliphatic hydroxyl groups excluding tert-OH is 1. The van der Waals surface area contributed by atoms with Crippen LogP contribution in [0.25, 0.3) is 16.0 Å². The third-order valence-corrected chi connectivity index (χ3v) is 7.12. The summed E-state index contributed by atoms with van der Waals surface area (Å²) in [5.74, 6) is -0.678. The number of carbonyl (C=O) groups excluding carboxylic acids is 2. The molecule has 0 saturated carbocycles. The summed E-state index contributed by atoms with van der Waals surface area (Å²) in [5.41, 5.74) is 1.48. The number of phenolic OH excluding ortho intramolecular Hbond substituents is 1. The summed E-state index contributed by atoms with van der Waals surface area (Å²) in [4.78, 5) is 32.8. The van der Waals surface area contributed by atoms with Gasteiger partial charge >= 0.3 is 5.91 Å². The molecule has 9 heteroatoms. The molecule has 4 aromatic rings. The Morgan fingerprint density at radius 3 is 2.50 bits per heavy atom. The smallest absolute Gasteiger partial charge is 0.301 e. The lowest BCUT2D eigenvalue weighted by atomic mass is 9.95. The van der Waals surface area contributed by atoms with E-state index in [4.69, 9.17) is 9.47 Å². The van der Waals surface area contributed by atoms with Crippen LogP contribution in [-0.2, 0) is 9.59 Å². The maximum atomic E-state index is 13.5. The van der Waals surface area contributed by atoms with Crippen molar-refractivity contribution in [2.24, 2.45) is 0 Å². The van der Waals surface area contributed by atoms with E-state index in [0.29, 0.717) is 46.5 Å². The number of anilines is 1. The van der Waals surface area contributed by atoms with Crippen LogP contribution in [0.15, 0.2) is 72.3 Å². The van der Waals surface area contributed by atoms with E-state index in [1.807, 2.05) is 19.9 Å². The van der Waals surface area contributed by atoms with Crippen molar-refractivity contribution in [2.75, 3.05) is 18.1 Å². The molecule has 0 bridgehead atoms. The van der Waals surface area contributed by atoms with Gasteiger partial charge in [0.15, 0.2) is 5.13 Å². The molecule has 5 rings (SSSR count). The summed E-state index contributed by atoms with van der Waals surface area (Å²) in [7, 11) is 0. The Bertz CT molecular complexity index is 1540. The molecule has 2 N–H and O–H groups in total. The maximum absolute atomic E-state index is 13.5. The van der Waals surface area contributed by atoms with Gasteiger partial charge in [0.2, 0.25) is 0 Å². The second-order valence-electron chi connectivity index (χ2n) is 8.70. The van der Waals surface area contributed by atoms with E-state index in [1.165, 1.54) is 28.4 Å². The Balaban J connectivity index is 1.65. The highest BCUT2D eigenvalue weighted by molar-refractivity contribution is 7.22. The van der Waals surface area contributed by atoms with Crippen molar-refractivity contribution in [3.8, 4) is 17.2 Å². The number of fused-ring (bicyclic) bond motifs is 1. The standard InChI is InChI=1S/C29H26N2O6S/c1-3-14-37-20-7-5-6-18(15-20)26(33)24-25(17-8-10-19(32)11-9-17)31(28(35)27(24)34)29-30-22-13-12-21(36-4-2)16-23(22)38-29/h5-13,15-16,25,32-33H,3-4,14H2,1-2H3. The molecule has 2 heterocycles. The summed E-state index contributed by atoms with van der Waals surface area (Å²) in [6.07, 6.45) is 0.816. The number of amides is 1. The number of ether oxygens (including phenoxy) is 2. The number of rotatable bonds is 8. The Hall–Kier alpha value is -4.37. The molecule has 8 nitrogen and oxygen atoms in total. The number of ketones is 1. The van der Waals surface area contributed by atoms with Gasteiger partial charge in [-0.25, -0.2) is 4.98 Å². The molecule has 0 radical (unpaired) electrons. The Kier molecular flexibility index (Phi) is 7.02. The first-order valence-electron chi connectivity index (χ1n) is 12.3. The van der Waals surface area contributed by atoms with Gasteiger partial charge in [-0.15, -0.1) is 0 Å². The fraction of sp³-hybridized carbons (Fsp3) is 0.207. The normalized spacial score (nSPS) is 16.8. The maximum Gasteiger partial charge on any atom is 0.301 e. The number of thiazole rings is 1. The number of phenols is 1. The Morgan fingerprint density at radius 1 is 1.00 bits per heavy atom. The number of benzene rings is 3. The fourth-order valence-electron chi connectivity index (χ4n) is 4.36. The van der Waals surface area contributed by atoms with Gasteiger partial charge < -0.3 is 19.7 Å². The third-order valence-electron chi connectivity index (χ3n) is 6.10. The number of hydrogen-bond acceptors (Lipinski definition) is 8. The molecule has 1 saturated heterocycles. The zero-order chi connectivity index (χ0) is 26.8. The van der Waals surface area contributed by atoms with Crippen LogP contribution in [0.5, 0.6) is 17.2 Å². The lowest BCUT2D eigenvalue weighted by molar-refractivity contribution is -0.132. The van der Waals surface area contributed by atoms with Crippen molar-refractivity contribution < 1.29 is 29.3 Å². The number of aromatic nitrogens is 1. The summed E-state index contributed by atoms with van der Waals surface area (Å²) >= 11 is 1.25. The Morgan fingerprint density at radius 2 is 1.76 bits per heavy atom. The van der Waals surface area contributed by atoms with Crippen LogP contribution >= 0.6 is 11.3 Å². The van der Waals surface area contributed by atoms with Crippen molar-refractivity contribution in [1.29, 1.82) is 0 Å². The average Bonchev–Trinajstić information content (AvgIpc) is 3.45. The Labute approximate surface area is 223 Å². The second-order valence-corrected chi connectivity index (χ2v) is 9.71. The van der Waals surface area contributed by atoms with Crippen molar-refractivity contribution in [3.63, 3.8) is 0 Å². The van der Waals surface area contributed by atoms with Crippen LogP contribution in [0.4, 0.5) is 5.13 Å². The topological polar surface area (TPSA) is 109 Å². The molecular weight excluding hydrogens is 504 g/mol. The number of nitrogens with zero attached hydrogens (tertiary/aromatic N) is 2. The molecule has 1 unspecified atom stereocenters. The zero-order valence-corrected chi connectivity index (χ0v) is 21.7. The predicted molar refractivity (Wildman–Crippen MR) is 146 cm³/mol. The van der Waals surface area contributed by atoms with E-state index >= 15 is 0 Å². The van der Waals surface area contributed by atoms with E-state index < -0.39 is 17.7 Å². The first-order valence-corrected chi connectivity index (χ1v) is 13.1. The average molecular weight is 531 g/mol. The quantitative estimate of drug-likeness (QED) is 0.168. The van der Waals surface area contributed by atoms with Crippen molar-refractivity contribution in [1.82, 2.24) is 4.98 Å². The zero-order valence-electron chi connectivity index (χ0n) is 20.9. The number of hydrogen-bond donors (Lipinski definition) is 2. The molecule has 38 heavy (non-hydrogen) atoms. The lowest BCUT2D eigenvalue weighted by Crippen LogP contribution is -2.29. The van der Waals surface area contributed by atoms with Gasteiger partial charge in [-0.3, -0.25) is 14.5 Å². The van der Waals surface area contributed by atoms with E-state index in [1.54, 1.807) is 48.5 Å². The SMILES string of the molecule is CCCOc1cccc(C(O)=C2C(=O)C(=O)N(c3nc4ccc(OCC)cc4s3)C2c2ccc(O)cc2)c1. The minimum absolute atomic E-state index is 0.0370. The van der Waals surface area contributed by atoms with E-state index in [2.05, 4.69) is 4.98 Å². The van der Waals surface area contributed by atoms with E-state index in [9.17, 15) is 19.8 Å². The minimum Gasteiger partial charge on any atom is -0.508 e. The molecule has 1 atom stereocenters. The summed E-state index contributed by atoms with van der Waals surface area (Å²) in [5, 5.41) is 21.6. The monoisotopic (exact) mass is 530 g/mol. The van der Waals surface area contributed by atoms with Crippen LogP contribution in [0.2, 0.25) is 0 Å². The lowest BCUT2D eigenvalue weighted by Gasteiger charge is -2.23. The third kappa shape index (κ3) is 4.68.